The summed E-state index contributed by atoms with van der Waals surface area (Å²) in [6.45, 7) is 1.52. The number of likely N-dealkylation sites (tertiary alicyclic amines) is 1. The van der Waals surface area contributed by atoms with Gasteiger partial charge in [0.1, 0.15) is 5.82 Å². The molecule has 0 unspecified atom stereocenters. The van der Waals surface area contributed by atoms with Crippen molar-refractivity contribution in [3.63, 3.8) is 0 Å². The van der Waals surface area contributed by atoms with Gasteiger partial charge in [-0.3, -0.25) is 14.4 Å². The normalized spacial score (nSPS) is 14.6. The van der Waals surface area contributed by atoms with Gasteiger partial charge < -0.3 is 15.0 Å². The van der Waals surface area contributed by atoms with Crippen LogP contribution in [0.2, 0.25) is 0 Å². The smallest absolute Gasteiger partial charge is 0.315 e. The summed E-state index contributed by atoms with van der Waals surface area (Å²) in [5, 5.41) is 2.87. The number of carbonyl (C=O) groups is 3. The zero-order valence-corrected chi connectivity index (χ0v) is 16.9. The van der Waals surface area contributed by atoms with Gasteiger partial charge in [-0.05, 0) is 30.9 Å². The number of halogens is 1. The highest BCUT2D eigenvalue weighted by Crippen LogP contribution is 2.18. The highest BCUT2D eigenvalue weighted by Gasteiger charge is 2.26. The summed E-state index contributed by atoms with van der Waals surface area (Å²) in [7, 11) is 1.34. The quantitative estimate of drug-likeness (QED) is 0.498. The van der Waals surface area contributed by atoms with Crippen molar-refractivity contribution in [3.05, 3.63) is 35.6 Å². The van der Waals surface area contributed by atoms with E-state index in [1.165, 1.54) is 24.9 Å². The van der Waals surface area contributed by atoms with Gasteiger partial charge in [-0.1, -0.05) is 18.2 Å². The van der Waals surface area contributed by atoms with E-state index < -0.39 is 0 Å². The molecule has 0 aliphatic carbocycles. The van der Waals surface area contributed by atoms with Crippen molar-refractivity contribution in [3.8, 4) is 0 Å². The van der Waals surface area contributed by atoms with Gasteiger partial charge in [0.05, 0.1) is 12.9 Å². The van der Waals surface area contributed by atoms with E-state index in [1.54, 1.807) is 23.1 Å². The molecule has 1 aliphatic heterocycles. The third-order valence-corrected chi connectivity index (χ3v) is 5.71. The van der Waals surface area contributed by atoms with Gasteiger partial charge in [0, 0.05) is 37.7 Å². The molecule has 2 amide bonds. The average molecular weight is 411 g/mol. The summed E-state index contributed by atoms with van der Waals surface area (Å²) in [5.74, 6) is 0.183. The van der Waals surface area contributed by atoms with E-state index in [1.807, 2.05) is 0 Å². The summed E-state index contributed by atoms with van der Waals surface area (Å²) in [6, 6.07) is 6.55. The van der Waals surface area contributed by atoms with E-state index in [4.69, 9.17) is 0 Å². The topological polar surface area (TPSA) is 75.7 Å². The number of esters is 1. The largest absolute Gasteiger partial charge is 0.468 e. The number of ether oxygens (including phenoxy) is 1. The molecule has 1 aromatic rings. The van der Waals surface area contributed by atoms with Crippen molar-refractivity contribution in [2.24, 2.45) is 5.92 Å². The van der Waals surface area contributed by atoms with E-state index >= 15 is 0 Å². The second-order valence-electron chi connectivity index (χ2n) is 6.67. The van der Waals surface area contributed by atoms with Crippen molar-refractivity contribution in [1.82, 2.24) is 10.2 Å². The molecule has 1 N–H and O–H groups in total. The van der Waals surface area contributed by atoms with Crippen LogP contribution in [-0.4, -0.2) is 60.9 Å². The van der Waals surface area contributed by atoms with Crippen molar-refractivity contribution in [2.75, 3.05) is 38.2 Å². The molecular formula is C20H27FN2O4S. The zero-order chi connectivity index (χ0) is 20.4. The van der Waals surface area contributed by atoms with E-state index in [-0.39, 0.29) is 35.3 Å². The van der Waals surface area contributed by atoms with Gasteiger partial charge in [0.15, 0.2) is 0 Å². The molecule has 8 heteroatoms. The monoisotopic (exact) mass is 410 g/mol. The predicted octanol–water partition coefficient (Wildman–Crippen LogP) is 2.02. The van der Waals surface area contributed by atoms with Gasteiger partial charge in [-0.25, -0.2) is 4.39 Å². The van der Waals surface area contributed by atoms with Crippen LogP contribution in [0.15, 0.2) is 24.3 Å². The predicted molar refractivity (Wildman–Crippen MR) is 106 cm³/mol. The van der Waals surface area contributed by atoms with Crippen LogP contribution in [0.4, 0.5) is 4.39 Å². The maximum atomic E-state index is 13.6. The summed E-state index contributed by atoms with van der Waals surface area (Å²) in [5.41, 5.74) is 0.591. The number of nitrogens with one attached hydrogen (secondary N) is 1. The number of piperidine rings is 1. The Morgan fingerprint density at radius 3 is 2.64 bits per heavy atom. The Kier molecular flexibility index (Phi) is 9.27. The van der Waals surface area contributed by atoms with Crippen LogP contribution in [0.25, 0.3) is 0 Å². The fourth-order valence-corrected chi connectivity index (χ4v) is 3.84. The van der Waals surface area contributed by atoms with Crippen LogP contribution in [0.1, 0.15) is 24.8 Å². The van der Waals surface area contributed by atoms with Crippen LogP contribution in [0, 0.1) is 11.7 Å². The maximum absolute atomic E-state index is 13.6. The first-order valence-electron chi connectivity index (χ1n) is 9.44. The second-order valence-corrected chi connectivity index (χ2v) is 7.77. The molecule has 1 aliphatic rings. The first-order valence-corrected chi connectivity index (χ1v) is 10.6. The minimum absolute atomic E-state index is 0.0305. The van der Waals surface area contributed by atoms with Gasteiger partial charge in [-0.15, -0.1) is 11.8 Å². The Morgan fingerprint density at radius 2 is 1.96 bits per heavy atom. The van der Waals surface area contributed by atoms with Crippen molar-refractivity contribution >= 4 is 29.5 Å². The van der Waals surface area contributed by atoms with Crippen LogP contribution in [-0.2, 0) is 25.5 Å². The standard InChI is InChI=1S/C20H27FN2O4S/c1-27-19(25)14-28-13-9-18(24)23-11-7-16(8-12-23)20(26)22-10-6-15-4-2-3-5-17(15)21/h2-5,16H,6-14H2,1H3,(H,22,26). The molecule has 0 bridgehead atoms. The number of benzene rings is 1. The molecule has 1 aromatic carbocycles. The van der Waals surface area contributed by atoms with Crippen LogP contribution in [0.5, 0.6) is 0 Å². The first-order chi connectivity index (χ1) is 13.5. The number of rotatable bonds is 9. The molecule has 1 heterocycles. The fraction of sp³-hybridized carbons (Fsp3) is 0.550. The van der Waals surface area contributed by atoms with Crippen molar-refractivity contribution in [2.45, 2.75) is 25.7 Å². The average Bonchev–Trinajstić information content (AvgIpc) is 2.72. The molecule has 0 radical (unpaired) electrons. The third kappa shape index (κ3) is 7.14. The molecule has 2 rings (SSSR count). The highest BCUT2D eigenvalue weighted by molar-refractivity contribution is 7.99. The van der Waals surface area contributed by atoms with Crippen LogP contribution >= 0.6 is 11.8 Å². The molecule has 0 spiro atoms. The van der Waals surface area contributed by atoms with Crippen molar-refractivity contribution in [1.29, 1.82) is 0 Å². The second kappa shape index (κ2) is 11.7. The minimum atomic E-state index is -0.292. The summed E-state index contributed by atoms with van der Waals surface area (Å²) >= 11 is 1.38. The molecule has 0 aromatic heterocycles. The van der Waals surface area contributed by atoms with Gasteiger partial charge in [-0.2, -0.15) is 0 Å². The number of methoxy groups -OCH3 is 1. The number of carbonyl (C=O) groups excluding carboxylic acids is 3. The summed E-state index contributed by atoms with van der Waals surface area (Å²) < 4.78 is 18.1. The summed E-state index contributed by atoms with van der Waals surface area (Å²) in [6.07, 6.45) is 2.10. The van der Waals surface area contributed by atoms with Gasteiger partial charge in [0.2, 0.25) is 11.8 Å². The fourth-order valence-electron chi connectivity index (χ4n) is 3.09. The zero-order valence-electron chi connectivity index (χ0n) is 16.1. The number of nitrogens with zero attached hydrogens (tertiary/aromatic N) is 1. The Labute approximate surface area is 169 Å². The lowest BCUT2D eigenvalue weighted by atomic mass is 9.95. The molecule has 6 nitrogen and oxygen atoms in total. The minimum Gasteiger partial charge on any atom is -0.468 e. The third-order valence-electron chi connectivity index (χ3n) is 4.78. The lowest BCUT2D eigenvalue weighted by Gasteiger charge is -2.31. The SMILES string of the molecule is COC(=O)CSCCC(=O)N1CCC(C(=O)NCCc2ccccc2F)CC1. The summed E-state index contributed by atoms with van der Waals surface area (Å²) in [4.78, 5) is 37.3. The van der Waals surface area contributed by atoms with E-state index in [0.29, 0.717) is 56.6 Å². The molecule has 28 heavy (non-hydrogen) atoms. The lowest BCUT2D eigenvalue weighted by molar-refractivity contribution is -0.137. The van der Waals surface area contributed by atoms with E-state index in [2.05, 4.69) is 10.1 Å². The van der Waals surface area contributed by atoms with Crippen LogP contribution in [0.3, 0.4) is 0 Å². The van der Waals surface area contributed by atoms with E-state index in [0.717, 1.165) is 0 Å². The highest BCUT2D eigenvalue weighted by atomic mass is 32.2. The van der Waals surface area contributed by atoms with Gasteiger partial charge >= 0.3 is 5.97 Å². The Bertz CT molecular complexity index is 678. The Hall–Kier alpha value is -2.09. The number of hydrogen-bond donors (Lipinski definition) is 1. The molecule has 154 valence electrons. The number of amides is 2. The molecule has 1 saturated heterocycles. The van der Waals surface area contributed by atoms with Crippen molar-refractivity contribution < 1.29 is 23.5 Å². The molecular weight excluding hydrogens is 383 g/mol. The Balaban J connectivity index is 1.62. The molecule has 0 atom stereocenters. The van der Waals surface area contributed by atoms with Crippen LogP contribution < -0.4 is 5.32 Å². The Morgan fingerprint density at radius 1 is 1.25 bits per heavy atom. The molecule has 1 fully saturated rings. The maximum Gasteiger partial charge on any atom is 0.315 e. The molecule has 0 saturated carbocycles. The number of hydrogen-bond acceptors (Lipinski definition) is 5. The van der Waals surface area contributed by atoms with Gasteiger partial charge in [0.25, 0.3) is 0 Å². The van der Waals surface area contributed by atoms with E-state index in [9.17, 15) is 18.8 Å². The lowest BCUT2D eigenvalue weighted by Crippen LogP contribution is -2.43. The first kappa shape index (κ1) is 22.2. The number of thioether (sulfide) groups is 1.